The summed E-state index contributed by atoms with van der Waals surface area (Å²) in [6.07, 6.45) is 0.972. The van der Waals surface area contributed by atoms with Crippen LogP contribution >= 0.6 is 0 Å². The van der Waals surface area contributed by atoms with Crippen molar-refractivity contribution in [2.75, 3.05) is 7.11 Å². The number of ether oxygens (including phenoxy) is 1. The second kappa shape index (κ2) is 5.69. The first kappa shape index (κ1) is 13.5. The molecule has 0 saturated heterocycles. The lowest BCUT2D eigenvalue weighted by Crippen LogP contribution is -2.29. The van der Waals surface area contributed by atoms with Gasteiger partial charge >= 0.3 is 0 Å². The van der Waals surface area contributed by atoms with Gasteiger partial charge in [-0.3, -0.25) is 5.32 Å². The second-order valence-electron chi connectivity index (χ2n) is 4.17. The van der Waals surface area contributed by atoms with Gasteiger partial charge in [-0.05, 0) is 20.3 Å². The predicted octanol–water partition coefficient (Wildman–Crippen LogP) is 1.69. The third-order valence-corrected chi connectivity index (χ3v) is 2.89. The first-order valence-electron chi connectivity index (χ1n) is 5.78. The summed E-state index contributed by atoms with van der Waals surface area (Å²) >= 11 is 0. The molecule has 0 aliphatic rings. The van der Waals surface area contributed by atoms with Crippen molar-refractivity contribution in [1.29, 1.82) is 5.26 Å². The molecule has 5 nitrogen and oxygen atoms in total. The Labute approximate surface area is 102 Å². The van der Waals surface area contributed by atoms with E-state index in [2.05, 4.69) is 30.3 Å². The van der Waals surface area contributed by atoms with Crippen LogP contribution in [0.25, 0.3) is 0 Å². The minimum absolute atomic E-state index is 0.281. The molecular formula is C12H20N4O. The van der Waals surface area contributed by atoms with Gasteiger partial charge in [0.1, 0.15) is 6.04 Å². The van der Waals surface area contributed by atoms with E-state index >= 15 is 0 Å². The van der Waals surface area contributed by atoms with Crippen molar-refractivity contribution in [2.24, 2.45) is 7.05 Å². The molecule has 0 saturated carbocycles. The maximum Gasteiger partial charge on any atom is 0.217 e. The largest absolute Gasteiger partial charge is 0.481 e. The highest BCUT2D eigenvalue weighted by Gasteiger charge is 2.23. The summed E-state index contributed by atoms with van der Waals surface area (Å²) in [5.41, 5.74) is 1.66. The first-order valence-corrected chi connectivity index (χ1v) is 5.78. The van der Waals surface area contributed by atoms with E-state index in [1.54, 1.807) is 11.8 Å². The fourth-order valence-corrected chi connectivity index (χ4v) is 1.82. The molecule has 0 aliphatic carbocycles. The molecule has 0 radical (unpaired) electrons. The minimum Gasteiger partial charge on any atom is -0.481 e. The quantitative estimate of drug-likeness (QED) is 0.845. The van der Waals surface area contributed by atoms with E-state index in [0.717, 1.165) is 17.7 Å². The lowest BCUT2D eigenvalue weighted by molar-refractivity contribution is 0.364. The molecule has 1 rings (SSSR count). The van der Waals surface area contributed by atoms with Gasteiger partial charge < -0.3 is 4.74 Å². The highest BCUT2D eigenvalue weighted by Crippen LogP contribution is 2.27. The number of aryl methyl sites for hydroxylation is 2. The van der Waals surface area contributed by atoms with Gasteiger partial charge in [-0.2, -0.15) is 10.4 Å². The molecule has 1 aromatic rings. The standard InChI is InChI=1S/C12H20N4O/c1-6-8(2)14-10(7-13)11-9(3)15-16(4)12(11)17-5/h8,10,14H,6H2,1-5H3. The Morgan fingerprint density at radius 2 is 2.24 bits per heavy atom. The van der Waals surface area contributed by atoms with E-state index in [1.165, 1.54) is 0 Å². The van der Waals surface area contributed by atoms with E-state index in [-0.39, 0.29) is 12.1 Å². The molecule has 5 heteroatoms. The van der Waals surface area contributed by atoms with Gasteiger partial charge in [0, 0.05) is 13.1 Å². The van der Waals surface area contributed by atoms with Crippen LogP contribution < -0.4 is 10.1 Å². The number of nitrogens with zero attached hydrogens (tertiary/aromatic N) is 3. The Bertz CT molecular complexity index is 419. The van der Waals surface area contributed by atoms with Crippen LogP contribution in [0.4, 0.5) is 0 Å². The van der Waals surface area contributed by atoms with Gasteiger partial charge in [0.15, 0.2) is 0 Å². The summed E-state index contributed by atoms with van der Waals surface area (Å²) < 4.78 is 6.96. The number of hydrogen-bond acceptors (Lipinski definition) is 4. The molecule has 17 heavy (non-hydrogen) atoms. The SMILES string of the molecule is CCC(C)NC(C#N)c1c(C)nn(C)c1OC. The first-order chi connectivity index (χ1) is 8.04. The molecule has 0 aromatic carbocycles. The van der Waals surface area contributed by atoms with E-state index in [4.69, 9.17) is 4.74 Å². The number of methoxy groups -OCH3 is 1. The fraction of sp³-hybridized carbons (Fsp3) is 0.667. The molecular weight excluding hydrogens is 216 g/mol. The molecule has 1 aromatic heterocycles. The maximum absolute atomic E-state index is 9.27. The van der Waals surface area contributed by atoms with Crippen LogP contribution in [0.3, 0.4) is 0 Å². The summed E-state index contributed by atoms with van der Waals surface area (Å²) in [6.45, 7) is 6.03. The Morgan fingerprint density at radius 1 is 1.59 bits per heavy atom. The van der Waals surface area contributed by atoms with Crippen LogP contribution in [-0.2, 0) is 7.05 Å². The highest BCUT2D eigenvalue weighted by molar-refractivity contribution is 5.37. The van der Waals surface area contributed by atoms with Crippen molar-refractivity contribution in [1.82, 2.24) is 15.1 Å². The van der Waals surface area contributed by atoms with Crippen molar-refractivity contribution >= 4 is 0 Å². The molecule has 0 fully saturated rings. The third-order valence-electron chi connectivity index (χ3n) is 2.89. The summed E-state index contributed by atoms with van der Waals surface area (Å²) in [7, 11) is 3.41. The van der Waals surface area contributed by atoms with Gasteiger partial charge in [-0.25, -0.2) is 4.68 Å². The van der Waals surface area contributed by atoms with Crippen LogP contribution in [-0.4, -0.2) is 22.9 Å². The fourth-order valence-electron chi connectivity index (χ4n) is 1.82. The Kier molecular flexibility index (Phi) is 4.53. The van der Waals surface area contributed by atoms with Crippen molar-refractivity contribution in [3.05, 3.63) is 11.3 Å². The van der Waals surface area contributed by atoms with Gasteiger partial charge in [-0.1, -0.05) is 6.92 Å². The predicted molar refractivity (Wildman–Crippen MR) is 65.7 cm³/mol. The summed E-state index contributed by atoms with van der Waals surface area (Å²) in [5.74, 6) is 0.643. The second-order valence-corrected chi connectivity index (χ2v) is 4.17. The van der Waals surface area contributed by atoms with E-state index in [1.807, 2.05) is 14.0 Å². The van der Waals surface area contributed by atoms with E-state index in [9.17, 15) is 5.26 Å². The Hall–Kier alpha value is -1.54. The van der Waals surface area contributed by atoms with Crippen molar-refractivity contribution in [2.45, 2.75) is 39.3 Å². The van der Waals surface area contributed by atoms with Gasteiger partial charge in [0.05, 0.1) is 24.4 Å². The van der Waals surface area contributed by atoms with Gasteiger partial charge in [-0.15, -0.1) is 0 Å². The van der Waals surface area contributed by atoms with E-state index < -0.39 is 0 Å². The molecule has 0 bridgehead atoms. The zero-order valence-electron chi connectivity index (χ0n) is 11.1. The lowest BCUT2D eigenvalue weighted by atomic mass is 10.1. The summed E-state index contributed by atoms with van der Waals surface area (Å²) in [6, 6.07) is 2.17. The molecule has 2 atom stereocenters. The lowest BCUT2D eigenvalue weighted by Gasteiger charge is -2.17. The average Bonchev–Trinajstić information content (AvgIpc) is 2.60. The Balaban J connectivity index is 3.08. The summed E-state index contributed by atoms with van der Waals surface area (Å²) in [4.78, 5) is 0. The molecule has 0 amide bonds. The van der Waals surface area contributed by atoms with Crippen LogP contribution in [0, 0.1) is 18.3 Å². The van der Waals surface area contributed by atoms with Gasteiger partial charge in [0.2, 0.25) is 5.88 Å². The van der Waals surface area contributed by atoms with Crippen LogP contribution in [0.5, 0.6) is 5.88 Å². The smallest absolute Gasteiger partial charge is 0.217 e. The maximum atomic E-state index is 9.27. The zero-order valence-corrected chi connectivity index (χ0v) is 11.1. The number of aromatic nitrogens is 2. The van der Waals surface area contributed by atoms with Crippen LogP contribution in [0.1, 0.15) is 37.6 Å². The molecule has 94 valence electrons. The number of rotatable bonds is 5. The van der Waals surface area contributed by atoms with Crippen molar-refractivity contribution in [3.8, 4) is 11.9 Å². The van der Waals surface area contributed by atoms with E-state index in [0.29, 0.717) is 5.88 Å². The number of nitriles is 1. The molecule has 2 unspecified atom stereocenters. The molecule has 1 N–H and O–H groups in total. The summed E-state index contributed by atoms with van der Waals surface area (Å²) in [5, 5.41) is 16.8. The third kappa shape index (κ3) is 2.77. The highest BCUT2D eigenvalue weighted by atomic mass is 16.5. The van der Waals surface area contributed by atoms with Crippen LogP contribution in [0.2, 0.25) is 0 Å². The molecule has 1 heterocycles. The number of hydrogen-bond donors (Lipinski definition) is 1. The molecule has 0 spiro atoms. The zero-order chi connectivity index (χ0) is 13.0. The molecule has 0 aliphatic heterocycles. The van der Waals surface area contributed by atoms with Gasteiger partial charge in [0.25, 0.3) is 0 Å². The topological polar surface area (TPSA) is 62.9 Å². The average molecular weight is 236 g/mol. The number of nitrogens with one attached hydrogen (secondary N) is 1. The van der Waals surface area contributed by atoms with Crippen molar-refractivity contribution < 1.29 is 4.74 Å². The van der Waals surface area contributed by atoms with Crippen LogP contribution in [0.15, 0.2) is 0 Å². The minimum atomic E-state index is -0.381. The van der Waals surface area contributed by atoms with Crippen molar-refractivity contribution in [3.63, 3.8) is 0 Å². The normalized spacial score (nSPS) is 14.1. The monoisotopic (exact) mass is 236 g/mol. The Morgan fingerprint density at radius 3 is 2.71 bits per heavy atom.